The molecule has 2 nitrogen and oxygen atoms in total. The van der Waals surface area contributed by atoms with E-state index >= 15 is 0 Å². The first-order chi connectivity index (χ1) is 4.72. The average Bonchev–Trinajstić information content (AvgIpc) is 1.88. The number of hydrogen-bond donors (Lipinski definition) is 0. The lowest BCUT2D eigenvalue weighted by molar-refractivity contribution is 0.0166. The van der Waals surface area contributed by atoms with Crippen molar-refractivity contribution >= 4 is 10.4 Å². The molecule has 0 aromatic rings. The summed E-state index contributed by atoms with van der Waals surface area (Å²) in [6.45, 7) is 7.57. The van der Waals surface area contributed by atoms with Crippen LogP contribution in [0, 0.1) is 5.92 Å². The topological polar surface area (TPSA) is 12.5 Å². The van der Waals surface area contributed by atoms with Gasteiger partial charge in [-0.25, -0.2) is 0 Å². The minimum Gasteiger partial charge on any atom is -0.379 e. The van der Waals surface area contributed by atoms with Crippen molar-refractivity contribution in [2.75, 3.05) is 19.8 Å². The normalized spacial score (nSPS) is 29.7. The molecule has 0 aromatic carbocycles. The van der Waals surface area contributed by atoms with E-state index in [4.69, 9.17) is 4.74 Å². The highest BCUT2D eigenvalue weighted by Crippen LogP contribution is 2.11. The molecule has 60 valence electrons. The molecule has 1 saturated heterocycles. The van der Waals surface area contributed by atoms with Gasteiger partial charge in [0.25, 0.3) is 0 Å². The van der Waals surface area contributed by atoms with Crippen molar-refractivity contribution in [1.82, 2.24) is 4.57 Å². The second kappa shape index (κ2) is 3.51. The van der Waals surface area contributed by atoms with Gasteiger partial charge >= 0.3 is 0 Å². The first-order valence-electron chi connectivity index (χ1n) is 4.00. The molecule has 0 bridgehead atoms. The van der Waals surface area contributed by atoms with Gasteiger partial charge in [0.2, 0.25) is 0 Å². The molecule has 1 atom stereocenters. The molecule has 0 amide bonds. The zero-order chi connectivity index (χ0) is 7.56. The Balaban J connectivity index is 2.40. The maximum absolute atomic E-state index is 5.39. The van der Waals surface area contributed by atoms with Crippen LogP contribution in [-0.4, -0.2) is 40.8 Å². The Bertz CT molecular complexity index is 108. The lowest BCUT2D eigenvalue weighted by Crippen LogP contribution is -2.46. The summed E-state index contributed by atoms with van der Waals surface area (Å²) < 4.78 is 7.92. The Morgan fingerprint density at radius 2 is 2.30 bits per heavy atom. The van der Waals surface area contributed by atoms with E-state index in [-0.39, 0.29) is 0 Å². The fraction of sp³-hybridized carbons (Fsp3) is 1.00. The highest BCUT2D eigenvalue weighted by molar-refractivity contribution is 6.04. The van der Waals surface area contributed by atoms with Crippen LogP contribution in [0.3, 0.4) is 0 Å². The van der Waals surface area contributed by atoms with Crippen LogP contribution in [0.2, 0.25) is 0 Å². The van der Waals surface area contributed by atoms with Gasteiger partial charge in [-0.05, 0) is 5.92 Å². The van der Waals surface area contributed by atoms with Gasteiger partial charge < -0.3 is 9.30 Å². The molecule has 3 heteroatoms. The SMILES string of the molecule is CC(C)C1COCCN1[SiH3]. The van der Waals surface area contributed by atoms with E-state index in [0.717, 1.165) is 25.7 Å². The molecule has 0 radical (unpaired) electrons. The van der Waals surface area contributed by atoms with E-state index in [0.29, 0.717) is 6.04 Å². The van der Waals surface area contributed by atoms with E-state index in [1.807, 2.05) is 0 Å². The minimum atomic E-state index is 0.695. The van der Waals surface area contributed by atoms with E-state index < -0.39 is 0 Å². The van der Waals surface area contributed by atoms with E-state index in [1.165, 1.54) is 10.4 Å². The number of rotatable bonds is 1. The Kier molecular flexibility index (Phi) is 2.89. The zero-order valence-corrected chi connectivity index (χ0v) is 9.13. The van der Waals surface area contributed by atoms with Gasteiger partial charge in [0.05, 0.1) is 23.6 Å². The minimum absolute atomic E-state index is 0.695. The second-order valence-corrected chi connectivity index (χ2v) is 4.52. The summed E-state index contributed by atoms with van der Waals surface area (Å²) in [5.74, 6) is 0.748. The van der Waals surface area contributed by atoms with E-state index in [9.17, 15) is 0 Å². The van der Waals surface area contributed by atoms with Crippen LogP contribution in [0.4, 0.5) is 0 Å². The molecule has 0 spiro atoms. The van der Waals surface area contributed by atoms with Gasteiger partial charge in [0.15, 0.2) is 0 Å². The summed E-state index contributed by atoms with van der Waals surface area (Å²) in [6, 6.07) is 0.695. The number of nitrogens with zero attached hydrogens (tertiary/aromatic N) is 1. The smallest absolute Gasteiger partial charge is 0.0790 e. The summed E-state index contributed by atoms with van der Waals surface area (Å²) >= 11 is 0. The Morgan fingerprint density at radius 3 is 2.70 bits per heavy atom. The lowest BCUT2D eigenvalue weighted by atomic mass is 10.0. The standard InChI is InChI=1S/C7H17NOSi/c1-6(2)7-5-9-4-3-8(7)10/h6-7H,3-5H2,1-2,10H3. The van der Waals surface area contributed by atoms with E-state index in [1.54, 1.807) is 0 Å². The van der Waals surface area contributed by atoms with Gasteiger partial charge in [-0.2, -0.15) is 0 Å². The largest absolute Gasteiger partial charge is 0.379 e. The van der Waals surface area contributed by atoms with Crippen LogP contribution in [0.5, 0.6) is 0 Å². The maximum Gasteiger partial charge on any atom is 0.0790 e. The maximum atomic E-state index is 5.39. The lowest BCUT2D eigenvalue weighted by Gasteiger charge is -2.35. The predicted molar refractivity (Wildman–Crippen MR) is 46.1 cm³/mol. The quantitative estimate of drug-likeness (QED) is 0.484. The first-order valence-corrected chi connectivity index (χ1v) is 4.89. The Hall–Kier alpha value is 0.137. The van der Waals surface area contributed by atoms with E-state index in [2.05, 4.69) is 18.4 Å². The third-order valence-corrected chi connectivity index (χ3v) is 3.32. The van der Waals surface area contributed by atoms with Crippen molar-refractivity contribution in [2.45, 2.75) is 19.9 Å². The first kappa shape index (κ1) is 8.24. The Labute approximate surface area is 66.0 Å². The molecule has 1 rings (SSSR count). The van der Waals surface area contributed by atoms with Crippen LogP contribution in [-0.2, 0) is 4.74 Å². The summed E-state index contributed by atoms with van der Waals surface area (Å²) in [4.78, 5) is 0. The third-order valence-electron chi connectivity index (χ3n) is 2.21. The van der Waals surface area contributed by atoms with Crippen LogP contribution in [0.1, 0.15) is 13.8 Å². The van der Waals surface area contributed by atoms with Gasteiger partial charge in [0, 0.05) is 12.6 Å². The summed E-state index contributed by atoms with van der Waals surface area (Å²) in [5.41, 5.74) is 0. The second-order valence-electron chi connectivity index (χ2n) is 3.37. The highest BCUT2D eigenvalue weighted by atomic mass is 28.2. The molecule has 1 aliphatic heterocycles. The van der Waals surface area contributed by atoms with Crippen molar-refractivity contribution in [2.24, 2.45) is 5.92 Å². The monoisotopic (exact) mass is 159 g/mol. The fourth-order valence-electron chi connectivity index (χ4n) is 1.41. The molecule has 10 heavy (non-hydrogen) atoms. The summed E-state index contributed by atoms with van der Waals surface area (Å²) in [6.07, 6.45) is 0. The van der Waals surface area contributed by atoms with Crippen molar-refractivity contribution in [1.29, 1.82) is 0 Å². The molecule has 0 aromatic heterocycles. The molecule has 0 aliphatic carbocycles. The fourth-order valence-corrected chi connectivity index (χ4v) is 2.34. The van der Waals surface area contributed by atoms with Gasteiger partial charge in [-0.1, -0.05) is 13.8 Å². The van der Waals surface area contributed by atoms with Crippen LogP contribution in [0.25, 0.3) is 0 Å². The van der Waals surface area contributed by atoms with Crippen LogP contribution in [0.15, 0.2) is 0 Å². The van der Waals surface area contributed by atoms with Crippen molar-refractivity contribution in [3.8, 4) is 0 Å². The van der Waals surface area contributed by atoms with Gasteiger partial charge in [-0.15, -0.1) is 0 Å². The number of hydrogen-bond acceptors (Lipinski definition) is 2. The molecule has 1 fully saturated rings. The van der Waals surface area contributed by atoms with Crippen molar-refractivity contribution in [3.63, 3.8) is 0 Å². The van der Waals surface area contributed by atoms with Crippen molar-refractivity contribution in [3.05, 3.63) is 0 Å². The van der Waals surface area contributed by atoms with Crippen LogP contribution >= 0.6 is 0 Å². The highest BCUT2D eigenvalue weighted by Gasteiger charge is 2.21. The zero-order valence-electron chi connectivity index (χ0n) is 7.13. The Morgan fingerprint density at radius 1 is 1.60 bits per heavy atom. The molecule has 0 N–H and O–H groups in total. The summed E-state index contributed by atoms with van der Waals surface area (Å²) in [7, 11) is 1.19. The average molecular weight is 159 g/mol. The number of morpholine rings is 1. The molecule has 1 unspecified atom stereocenters. The predicted octanol–water partition coefficient (Wildman–Crippen LogP) is -0.376. The van der Waals surface area contributed by atoms with Crippen LogP contribution < -0.4 is 0 Å². The molecule has 1 aliphatic rings. The number of ether oxygens (including phenoxy) is 1. The van der Waals surface area contributed by atoms with Gasteiger partial charge in [-0.3, -0.25) is 0 Å². The molecule has 1 heterocycles. The summed E-state index contributed by atoms with van der Waals surface area (Å²) in [5, 5.41) is 0. The molecular weight excluding hydrogens is 142 g/mol. The van der Waals surface area contributed by atoms with Crippen molar-refractivity contribution < 1.29 is 4.74 Å². The third kappa shape index (κ3) is 1.81. The van der Waals surface area contributed by atoms with Gasteiger partial charge in [0.1, 0.15) is 0 Å². The molecule has 0 saturated carbocycles. The molecular formula is C7H17NOSi.